The van der Waals surface area contributed by atoms with Crippen molar-refractivity contribution in [2.24, 2.45) is 0 Å². The maximum atomic E-state index is 5.20. The molecule has 0 fully saturated rings. The third-order valence-electron chi connectivity index (χ3n) is 10.5. The molecule has 3 nitrogen and oxygen atoms in total. The van der Waals surface area contributed by atoms with Crippen molar-refractivity contribution in [3.05, 3.63) is 193 Å². The molecule has 53 heavy (non-hydrogen) atoms. The zero-order chi connectivity index (χ0) is 35.1. The standard InChI is InChI=1S/C50H35N3/c1-3-13-34(14-4-1)35-23-25-37(26-24-35)46-33-47(52-50(51-46)38-15-5-2-6-16-38)43-32-31-40(41-17-7-8-18-42(41)43)36-27-29-39(30-28-36)53-48-21-11-9-19-44(48)45-20-10-12-22-49(45)53/h1-11,13-21,23-33H,12,22H2. The molecule has 0 bridgehead atoms. The Morgan fingerprint density at radius 2 is 1.00 bits per heavy atom. The molecule has 0 aliphatic heterocycles. The smallest absolute Gasteiger partial charge is 0.160 e. The molecule has 7 aromatic carbocycles. The summed E-state index contributed by atoms with van der Waals surface area (Å²) < 4.78 is 2.45. The molecule has 1 aliphatic carbocycles. The van der Waals surface area contributed by atoms with Gasteiger partial charge in [-0.3, -0.25) is 0 Å². The lowest BCUT2D eigenvalue weighted by Gasteiger charge is -2.16. The Morgan fingerprint density at radius 1 is 0.434 bits per heavy atom. The minimum atomic E-state index is 0.712. The van der Waals surface area contributed by atoms with Crippen molar-refractivity contribution < 1.29 is 0 Å². The van der Waals surface area contributed by atoms with Crippen LogP contribution in [0.3, 0.4) is 0 Å². The summed E-state index contributed by atoms with van der Waals surface area (Å²) >= 11 is 0. The Kier molecular flexibility index (Phi) is 7.62. The summed E-state index contributed by atoms with van der Waals surface area (Å²) in [6, 6.07) is 62.6. The normalized spacial score (nSPS) is 12.3. The second-order valence-corrected chi connectivity index (χ2v) is 13.7. The second kappa shape index (κ2) is 13.0. The molecular weight excluding hydrogens is 643 g/mol. The van der Waals surface area contributed by atoms with Gasteiger partial charge in [0, 0.05) is 39.0 Å². The van der Waals surface area contributed by atoms with Crippen molar-refractivity contribution in [2.45, 2.75) is 12.8 Å². The highest BCUT2D eigenvalue weighted by molar-refractivity contribution is 6.05. The quantitative estimate of drug-likeness (QED) is 0.175. The van der Waals surface area contributed by atoms with Gasteiger partial charge in [-0.15, -0.1) is 0 Å². The van der Waals surface area contributed by atoms with Gasteiger partial charge in [0.05, 0.1) is 16.9 Å². The van der Waals surface area contributed by atoms with Crippen LogP contribution in [0, 0.1) is 0 Å². The monoisotopic (exact) mass is 677 g/mol. The molecule has 0 radical (unpaired) electrons. The van der Waals surface area contributed by atoms with Crippen molar-refractivity contribution in [1.29, 1.82) is 0 Å². The van der Waals surface area contributed by atoms with Gasteiger partial charge in [0.25, 0.3) is 0 Å². The molecular formula is C50H35N3. The molecule has 9 aromatic rings. The zero-order valence-electron chi connectivity index (χ0n) is 29.2. The molecule has 3 heteroatoms. The number of hydrogen-bond donors (Lipinski definition) is 0. The summed E-state index contributed by atoms with van der Waals surface area (Å²) in [5.41, 5.74) is 14.9. The van der Waals surface area contributed by atoms with Gasteiger partial charge >= 0.3 is 0 Å². The number of fused-ring (bicyclic) bond motifs is 4. The number of hydrogen-bond acceptors (Lipinski definition) is 2. The number of allylic oxidation sites excluding steroid dienone is 1. The van der Waals surface area contributed by atoms with E-state index in [2.05, 4.69) is 168 Å². The summed E-state index contributed by atoms with van der Waals surface area (Å²) in [5, 5.41) is 3.67. The molecule has 2 heterocycles. The van der Waals surface area contributed by atoms with Crippen molar-refractivity contribution in [1.82, 2.24) is 14.5 Å². The van der Waals surface area contributed by atoms with E-state index in [4.69, 9.17) is 9.97 Å². The zero-order valence-corrected chi connectivity index (χ0v) is 29.2. The summed E-state index contributed by atoms with van der Waals surface area (Å²) in [6.45, 7) is 0. The summed E-state index contributed by atoms with van der Waals surface area (Å²) in [6.07, 6.45) is 6.71. The van der Waals surface area contributed by atoms with Crippen LogP contribution in [0.15, 0.2) is 182 Å². The van der Waals surface area contributed by atoms with Gasteiger partial charge in [-0.05, 0) is 70.1 Å². The van der Waals surface area contributed by atoms with E-state index in [0.717, 1.165) is 46.3 Å². The largest absolute Gasteiger partial charge is 0.313 e. The molecule has 2 aromatic heterocycles. The highest BCUT2D eigenvalue weighted by Gasteiger charge is 2.19. The molecule has 10 rings (SSSR count). The number of benzene rings is 7. The first-order valence-corrected chi connectivity index (χ1v) is 18.3. The van der Waals surface area contributed by atoms with Gasteiger partial charge in [-0.25, -0.2) is 9.97 Å². The minimum absolute atomic E-state index is 0.712. The maximum Gasteiger partial charge on any atom is 0.160 e. The molecule has 0 saturated heterocycles. The molecule has 0 amide bonds. The van der Waals surface area contributed by atoms with Crippen LogP contribution in [0.1, 0.15) is 17.7 Å². The second-order valence-electron chi connectivity index (χ2n) is 13.7. The van der Waals surface area contributed by atoms with E-state index in [9.17, 15) is 0 Å². The highest BCUT2D eigenvalue weighted by atomic mass is 15.0. The average Bonchev–Trinajstić information content (AvgIpc) is 3.58. The number of para-hydroxylation sites is 1. The van der Waals surface area contributed by atoms with Crippen LogP contribution < -0.4 is 0 Å². The topological polar surface area (TPSA) is 30.7 Å². The van der Waals surface area contributed by atoms with E-state index in [-0.39, 0.29) is 0 Å². The Morgan fingerprint density at radius 3 is 1.75 bits per heavy atom. The molecule has 0 saturated carbocycles. The summed E-state index contributed by atoms with van der Waals surface area (Å²) in [4.78, 5) is 10.3. The third-order valence-corrected chi connectivity index (χ3v) is 10.5. The fraction of sp³-hybridized carbons (Fsp3) is 0.0400. The summed E-state index contributed by atoms with van der Waals surface area (Å²) in [7, 11) is 0. The average molecular weight is 678 g/mol. The van der Waals surface area contributed by atoms with E-state index in [1.165, 1.54) is 55.5 Å². The van der Waals surface area contributed by atoms with Crippen molar-refractivity contribution in [2.75, 3.05) is 0 Å². The fourth-order valence-corrected chi connectivity index (χ4v) is 7.94. The van der Waals surface area contributed by atoms with E-state index >= 15 is 0 Å². The first kappa shape index (κ1) is 30.9. The van der Waals surface area contributed by atoms with Gasteiger partial charge < -0.3 is 4.57 Å². The Bertz CT molecular complexity index is 2790. The number of aromatic nitrogens is 3. The minimum Gasteiger partial charge on any atom is -0.313 e. The van der Waals surface area contributed by atoms with Gasteiger partial charge in [-0.1, -0.05) is 164 Å². The van der Waals surface area contributed by atoms with Crippen molar-refractivity contribution in [3.8, 4) is 61.8 Å². The lowest BCUT2D eigenvalue weighted by Crippen LogP contribution is -2.02. The van der Waals surface area contributed by atoms with Crippen molar-refractivity contribution >= 4 is 27.8 Å². The lowest BCUT2D eigenvalue weighted by molar-refractivity contribution is 0.888. The van der Waals surface area contributed by atoms with Crippen LogP contribution in [-0.4, -0.2) is 14.5 Å². The molecule has 0 atom stereocenters. The van der Waals surface area contributed by atoms with Gasteiger partial charge in [-0.2, -0.15) is 0 Å². The Hall–Kier alpha value is -6.84. The van der Waals surface area contributed by atoms with E-state index in [1.807, 2.05) is 24.3 Å². The van der Waals surface area contributed by atoms with Crippen LogP contribution in [0.5, 0.6) is 0 Å². The molecule has 1 aliphatic rings. The first-order chi connectivity index (χ1) is 26.3. The number of rotatable bonds is 6. The SMILES string of the molecule is C1=Cc2c(n(-c3ccc(-c4ccc(-c5cc(-c6ccc(-c7ccccc7)cc6)nc(-c6ccccc6)n5)c5ccccc45)cc3)c3ccccc23)CC1. The first-order valence-electron chi connectivity index (χ1n) is 18.3. The Balaban J connectivity index is 1.07. The van der Waals surface area contributed by atoms with Gasteiger partial charge in [0.2, 0.25) is 0 Å². The highest BCUT2D eigenvalue weighted by Crippen LogP contribution is 2.39. The van der Waals surface area contributed by atoms with E-state index < -0.39 is 0 Å². The lowest BCUT2D eigenvalue weighted by atomic mass is 9.93. The van der Waals surface area contributed by atoms with E-state index in [1.54, 1.807) is 0 Å². The predicted molar refractivity (Wildman–Crippen MR) is 221 cm³/mol. The summed E-state index contributed by atoms with van der Waals surface area (Å²) in [5.74, 6) is 0.712. The van der Waals surface area contributed by atoms with Crippen LogP contribution in [-0.2, 0) is 6.42 Å². The predicted octanol–water partition coefficient (Wildman–Crippen LogP) is 12.9. The van der Waals surface area contributed by atoms with Crippen LogP contribution >= 0.6 is 0 Å². The van der Waals surface area contributed by atoms with Crippen LogP contribution in [0.4, 0.5) is 0 Å². The van der Waals surface area contributed by atoms with Gasteiger partial charge in [0.1, 0.15) is 0 Å². The fourth-order valence-electron chi connectivity index (χ4n) is 7.94. The Labute approximate surface area is 309 Å². The maximum absolute atomic E-state index is 5.20. The van der Waals surface area contributed by atoms with E-state index in [0.29, 0.717) is 5.82 Å². The van der Waals surface area contributed by atoms with Crippen LogP contribution in [0.2, 0.25) is 0 Å². The van der Waals surface area contributed by atoms with Gasteiger partial charge in [0.15, 0.2) is 5.82 Å². The number of nitrogens with zero attached hydrogens (tertiary/aromatic N) is 3. The third kappa shape index (κ3) is 5.55. The van der Waals surface area contributed by atoms with Crippen LogP contribution in [0.25, 0.3) is 89.6 Å². The van der Waals surface area contributed by atoms with Crippen molar-refractivity contribution in [3.63, 3.8) is 0 Å². The molecule has 250 valence electrons. The molecule has 0 spiro atoms. The molecule has 0 N–H and O–H groups in total. The molecule has 0 unspecified atom stereocenters.